The molecular formula is C81H63Cl3SiTi. The predicted molar refractivity (Wildman–Crippen MR) is 354 cm³/mol. The second-order valence-corrected chi connectivity index (χ2v) is 25.4. The molecule has 416 valence electrons. The Bertz CT molecular complexity index is 3930. The first-order valence-corrected chi connectivity index (χ1v) is 30.7. The average molecular weight is 1220 g/mol. The summed E-state index contributed by atoms with van der Waals surface area (Å²) in [7, 11) is -4.07. The number of hydrogen-bond donors (Lipinski definition) is 0. The minimum absolute atomic E-state index is 0. The fraction of sp³-hybridized carbons (Fsp3) is 0.0494. The van der Waals surface area contributed by atoms with Gasteiger partial charge in [-0.2, -0.15) is 22.3 Å². The third-order valence-corrected chi connectivity index (χ3v) is 22.3. The maximum absolute atomic E-state index is 4.07. The van der Waals surface area contributed by atoms with Crippen molar-refractivity contribution in [2.45, 2.75) is 27.7 Å². The summed E-state index contributed by atoms with van der Waals surface area (Å²) in [6.07, 6.45) is 0. The molecule has 0 N–H and O–H groups in total. The van der Waals surface area contributed by atoms with Crippen molar-refractivity contribution in [3.05, 3.63) is 332 Å². The van der Waals surface area contributed by atoms with Gasteiger partial charge >= 0.3 is 21.7 Å². The topological polar surface area (TPSA) is 0 Å². The van der Waals surface area contributed by atoms with Crippen LogP contribution in [0.25, 0.3) is 100 Å². The number of rotatable bonds is 13. The molecule has 13 rings (SSSR count). The minimum Gasteiger partial charge on any atom is -1.00 e. The number of benzene rings is 12. The monoisotopic (exact) mass is 1220 g/mol. The Hall–Kier alpha value is -8.21. The van der Waals surface area contributed by atoms with Gasteiger partial charge in [-0.15, -0.1) is 5.19 Å². The third-order valence-electron chi connectivity index (χ3n) is 17.2. The van der Waals surface area contributed by atoms with Gasteiger partial charge in [0.1, 0.15) is 8.07 Å². The molecule has 0 bridgehead atoms. The average Bonchev–Trinajstić information content (AvgIpc) is 1.09. The van der Waals surface area contributed by atoms with Crippen LogP contribution in [0.4, 0.5) is 0 Å². The standard InChI is InChI=1S/C81H63Si.3ClH.Ti/c1-56-57(2)59(4)81(58(56)3)82(75-53-69(60-32-14-5-15-33-60)50-72(63-38-20-8-21-39-63)78(75)66-44-26-11-27-45-66,76-54-70(61-34-16-6-17-35-61)51-73(64-40-22-9-23-41-64)79(76)67-46-28-12-29-47-67)77-55-71(62-36-18-7-19-37-62)52-74(65-42-24-10-25-43-65)80(77)68-48-30-13-31-49-68;;;;/h5-55H,1-4H3;3*1H;/q-1;;;;+4/p-3. The largest absolute Gasteiger partial charge is 4.00 e. The summed E-state index contributed by atoms with van der Waals surface area (Å²) in [6.45, 7) is 9.62. The van der Waals surface area contributed by atoms with E-state index in [-0.39, 0.29) is 58.9 Å². The third kappa shape index (κ3) is 11.5. The summed E-state index contributed by atoms with van der Waals surface area (Å²) in [4.78, 5) is 0. The van der Waals surface area contributed by atoms with Gasteiger partial charge in [0, 0.05) is 0 Å². The Morgan fingerprint density at radius 2 is 0.407 bits per heavy atom. The zero-order valence-electron chi connectivity index (χ0n) is 48.6. The second-order valence-electron chi connectivity index (χ2n) is 21.8. The summed E-state index contributed by atoms with van der Waals surface area (Å²) < 4.78 is 0. The van der Waals surface area contributed by atoms with E-state index >= 15 is 0 Å². The quantitative estimate of drug-likeness (QED) is 0.0614. The first-order valence-electron chi connectivity index (χ1n) is 28.7. The van der Waals surface area contributed by atoms with Gasteiger partial charge in [-0.3, -0.25) is 0 Å². The Labute approximate surface area is 542 Å². The van der Waals surface area contributed by atoms with E-state index in [1.165, 1.54) is 143 Å². The molecule has 0 fully saturated rings. The fourth-order valence-electron chi connectivity index (χ4n) is 13.1. The van der Waals surface area contributed by atoms with Gasteiger partial charge in [0.15, 0.2) is 0 Å². The Balaban J connectivity index is 0.00000221. The molecule has 0 atom stereocenters. The van der Waals surface area contributed by atoms with Crippen LogP contribution in [0.1, 0.15) is 22.3 Å². The molecule has 0 amide bonds. The van der Waals surface area contributed by atoms with Crippen molar-refractivity contribution >= 4 is 28.8 Å². The van der Waals surface area contributed by atoms with E-state index in [4.69, 9.17) is 0 Å². The van der Waals surface area contributed by atoms with Crippen molar-refractivity contribution in [2.24, 2.45) is 0 Å². The first kappa shape index (κ1) is 62.3. The number of hydrogen-bond acceptors (Lipinski definition) is 0. The van der Waals surface area contributed by atoms with Crippen molar-refractivity contribution in [2.75, 3.05) is 0 Å². The van der Waals surface area contributed by atoms with Crippen LogP contribution < -0.4 is 58.0 Å². The van der Waals surface area contributed by atoms with Crippen LogP contribution in [-0.4, -0.2) is 8.07 Å². The molecule has 0 saturated heterocycles. The van der Waals surface area contributed by atoms with Crippen LogP contribution in [0, 0.1) is 27.7 Å². The van der Waals surface area contributed by atoms with Crippen LogP contribution in [0.5, 0.6) is 0 Å². The molecule has 0 aliphatic carbocycles. The van der Waals surface area contributed by atoms with E-state index in [1.54, 1.807) is 0 Å². The second kappa shape index (κ2) is 27.4. The first-order chi connectivity index (χ1) is 40.4. The zero-order valence-corrected chi connectivity index (χ0v) is 53.4. The van der Waals surface area contributed by atoms with Gasteiger partial charge < -0.3 is 37.2 Å². The fourth-order valence-corrected chi connectivity index (χ4v) is 19.4. The van der Waals surface area contributed by atoms with Crippen LogP contribution in [0.2, 0.25) is 0 Å². The summed E-state index contributed by atoms with van der Waals surface area (Å²) in [6, 6.07) is 116. The van der Waals surface area contributed by atoms with Crippen molar-refractivity contribution in [3.63, 3.8) is 0 Å². The molecule has 0 aliphatic rings. The molecule has 13 aromatic carbocycles. The van der Waals surface area contributed by atoms with E-state index in [9.17, 15) is 0 Å². The Morgan fingerprint density at radius 1 is 0.221 bits per heavy atom. The molecule has 0 aliphatic heterocycles. The van der Waals surface area contributed by atoms with Crippen LogP contribution in [-0.2, 0) is 21.7 Å². The normalized spacial score (nSPS) is 10.9. The molecular weight excluding hydrogens is 1160 g/mol. The molecule has 0 spiro atoms. The summed E-state index contributed by atoms with van der Waals surface area (Å²) in [5.41, 5.74) is 26.7. The summed E-state index contributed by atoms with van der Waals surface area (Å²) >= 11 is 0. The van der Waals surface area contributed by atoms with E-state index in [0.29, 0.717) is 0 Å². The van der Waals surface area contributed by atoms with E-state index < -0.39 is 8.07 Å². The summed E-state index contributed by atoms with van der Waals surface area (Å²) in [5.74, 6) is 0. The van der Waals surface area contributed by atoms with Crippen LogP contribution in [0.3, 0.4) is 0 Å². The molecule has 86 heavy (non-hydrogen) atoms. The van der Waals surface area contributed by atoms with E-state index in [1.807, 2.05) is 0 Å². The molecule has 13 aromatic rings. The molecule has 0 nitrogen and oxygen atoms in total. The van der Waals surface area contributed by atoms with Gasteiger partial charge in [0.25, 0.3) is 0 Å². The molecule has 0 aromatic heterocycles. The zero-order chi connectivity index (χ0) is 55.6. The molecule has 0 unspecified atom stereocenters. The minimum atomic E-state index is -4.07. The van der Waals surface area contributed by atoms with Crippen molar-refractivity contribution in [1.29, 1.82) is 0 Å². The van der Waals surface area contributed by atoms with Gasteiger partial charge in [-0.1, -0.05) is 319 Å². The Morgan fingerprint density at radius 3 is 0.616 bits per heavy atom. The van der Waals surface area contributed by atoms with Crippen molar-refractivity contribution in [3.8, 4) is 100 Å². The molecule has 0 saturated carbocycles. The smallest absolute Gasteiger partial charge is 1.00 e. The van der Waals surface area contributed by atoms with Crippen molar-refractivity contribution < 1.29 is 58.9 Å². The number of halogens is 3. The predicted octanol–water partition coefficient (Wildman–Crippen LogP) is 10.0. The van der Waals surface area contributed by atoms with Gasteiger partial charge in [0.05, 0.1) is 0 Å². The maximum Gasteiger partial charge on any atom is 4.00 e. The maximum atomic E-state index is 2.66. The van der Waals surface area contributed by atoms with E-state index in [0.717, 1.165) is 0 Å². The van der Waals surface area contributed by atoms with Crippen LogP contribution in [0.15, 0.2) is 309 Å². The molecule has 0 heterocycles. The SMILES string of the molecule is Cc1c(C)c(C)[c-]([Si](c2cc(-c3ccccc3)cc(-c3ccccc3)c2-c2ccccc2)(c2cc(-c3ccccc3)cc(-c3ccccc3)c2-c2ccccc2)c2cc(-c3ccccc3)cc(-c3ccccc3)c2-c2ccccc2)c1C.[Cl-].[Cl-].[Cl-].[Ti+4]. The van der Waals surface area contributed by atoms with Crippen molar-refractivity contribution in [1.82, 2.24) is 0 Å². The van der Waals surface area contributed by atoms with E-state index in [2.05, 4.69) is 337 Å². The van der Waals surface area contributed by atoms with Gasteiger partial charge in [0.2, 0.25) is 0 Å². The van der Waals surface area contributed by atoms with Gasteiger partial charge in [-0.05, 0) is 134 Å². The van der Waals surface area contributed by atoms with Crippen LogP contribution >= 0.6 is 0 Å². The molecule has 0 radical (unpaired) electrons. The van der Waals surface area contributed by atoms with Gasteiger partial charge in [-0.25, -0.2) is 0 Å². The summed E-state index contributed by atoms with van der Waals surface area (Å²) in [5, 5.41) is 5.42. The molecule has 5 heteroatoms. The Kier molecular flexibility index (Phi) is 19.9.